The Bertz CT molecular complexity index is 799. The van der Waals surface area contributed by atoms with Crippen molar-refractivity contribution in [2.75, 3.05) is 6.61 Å². The minimum absolute atomic E-state index is 0.617. The molecule has 0 saturated heterocycles. The molecule has 0 radical (unpaired) electrons. The van der Waals surface area contributed by atoms with Gasteiger partial charge in [-0.2, -0.15) is 5.10 Å². The van der Waals surface area contributed by atoms with Crippen LogP contribution in [0.1, 0.15) is 13.3 Å². The summed E-state index contributed by atoms with van der Waals surface area (Å²) in [6, 6.07) is 7.86. The molecule has 0 fully saturated rings. The minimum atomic E-state index is 0.617. The Balaban J connectivity index is 2.19. The van der Waals surface area contributed by atoms with Crippen LogP contribution in [0.15, 0.2) is 30.5 Å². The first-order chi connectivity index (χ1) is 9.70. The van der Waals surface area contributed by atoms with Crippen LogP contribution in [0, 0.1) is 4.77 Å². The Kier molecular flexibility index (Phi) is 3.31. The molecule has 5 nitrogen and oxygen atoms in total. The van der Waals surface area contributed by atoms with E-state index in [9.17, 15) is 0 Å². The number of fused-ring (bicyclic) bond motifs is 1. The molecule has 0 aliphatic heterocycles. The van der Waals surface area contributed by atoms with E-state index in [1.54, 1.807) is 4.68 Å². The van der Waals surface area contributed by atoms with Crippen LogP contribution in [-0.2, 0) is 7.05 Å². The Labute approximate surface area is 121 Å². The van der Waals surface area contributed by atoms with Crippen molar-refractivity contribution in [1.82, 2.24) is 19.3 Å². The number of hydrogen-bond donors (Lipinski definition) is 1. The maximum atomic E-state index is 5.76. The Hall–Kier alpha value is -2.08. The highest BCUT2D eigenvalue weighted by Crippen LogP contribution is 2.26. The molecule has 2 heterocycles. The van der Waals surface area contributed by atoms with Crippen molar-refractivity contribution in [3.05, 3.63) is 35.2 Å². The van der Waals surface area contributed by atoms with Gasteiger partial charge in [0, 0.05) is 19.3 Å². The van der Waals surface area contributed by atoms with Gasteiger partial charge in [0.15, 0.2) is 10.6 Å². The largest absolute Gasteiger partial charge is 0.491 e. The molecule has 1 aromatic carbocycles. The van der Waals surface area contributed by atoms with Gasteiger partial charge in [0.05, 0.1) is 12.1 Å². The van der Waals surface area contributed by atoms with Crippen LogP contribution in [0.2, 0.25) is 0 Å². The summed E-state index contributed by atoms with van der Waals surface area (Å²) >= 11 is 5.42. The van der Waals surface area contributed by atoms with Gasteiger partial charge >= 0.3 is 0 Å². The lowest BCUT2D eigenvalue weighted by molar-refractivity contribution is 0.320. The Morgan fingerprint density at radius 1 is 1.35 bits per heavy atom. The van der Waals surface area contributed by atoms with E-state index >= 15 is 0 Å². The molecule has 0 bridgehead atoms. The second-order valence-corrected chi connectivity index (χ2v) is 5.00. The zero-order valence-electron chi connectivity index (χ0n) is 11.5. The number of nitrogens with zero attached hydrogens (tertiary/aromatic N) is 3. The second-order valence-electron chi connectivity index (χ2n) is 4.61. The molecule has 0 aliphatic rings. The van der Waals surface area contributed by atoms with E-state index in [4.69, 9.17) is 17.0 Å². The zero-order chi connectivity index (χ0) is 14.1. The van der Waals surface area contributed by atoms with E-state index in [-0.39, 0.29) is 0 Å². The predicted molar refractivity (Wildman–Crippen MR) is 81.0 cm³/mol. The number of aryl methyl sites for hydroxylation is 1. The number of para-hydroxylation sites is 1. The lowest BCUT2D eigenvalue weighted by Crippen LogP contribution is -1.98. The Morgan fingerprint density at radius 3 is 2.90 bits per heavy atom. The lowest BCUT2D eigenvalue weighted by atomic mass is 10.3. The first-order valence-electron chi connectivity index (χ1n) is 6.57. The van der Waals surface area contributed by atoms with Gasteiger partial charge in [-0.1, -0.05) is 13.0 Å². The molecule has 0 atom stereocenters. The van der Waals surface area contributed by atoms with Crippen LogP contribution in [0.4, 0.5) is 0 Å². The quantitative estimate of drug-likeness (QED) is 0.750. The lowest BCUT2D eigenvalue weighted by Gasteiger charge is -2.05. The van der Waals surface area contributed by atoms with E-state index in [2.05, 4.69) is 17.0 Å². The monoisotopic (exact) mass is 288 g/mol. The van der Waals surface area contributed by atoms with Crippen LogP contribution in [0.25, 0.3) is 16.9 Å². The average molecular weight is 288 g/mol. The summed E-state index contributed by atoms with van der Waals surface area (Å²) in [5.74, 6) is 1.63. The first-order valence-corrected chi connectivity index (χ1v) is 6.98. The molecule has 2 aromatic heterocycles. The summed E-state index contributed by atoms with van der Waals surface area (Å²) in [6.07, 6.45) is 2.87. The van der Waals surface area contributed by atoms with Gasteiger partial charge in [-0.15, -0.1) is 0 Å². The van der Waals surface area contributed by atoms with E-state index in [1.807, 2.05) is 42.1 Å². The third-order valence-electron chi connectivity index (χ3n) is 3.07. The highest BCUT2D eigenvalue weighted by Gasteiger charge is 2.12. The summed E-state index contributed by atoms with van der Waals surface area (Å²) in [4.78, 5) is 3.22. The number of nitrogens with one attached hydrogen (secondary N) is 1. The average Bonchev–Trinajstić information content (AvgIpc) is 2.99. The van der Waals surface area contributed by atoms with Crippen molar-refractivity contribution in [3.63, 3.8) is 0 Å². The molecular formula is C14H16N4OS. The number of hydrogen-bond acceptors (Lipinski definition) is 3. The number of ether oxygens (including phenoxy) is 1. The fourth-order valence-corrected chi connectivity index (χ4v) is 2.48. The normalized spacial score (nSPS) is 11.1. The predicted octanol–water partition coefficient (Wildman–Crippen LogP) is 3.21. The zero-order valence-corrected chi connectivity index (χ0v) is 12.3. The molecule has 0 spiro atoms. The minimum Gasteiger partial charge on any atom is -0.491 e. The van der Waals surface area contributed by atoms with Crippen molar-refractivity contribution in [1.29, 1.82) is 0 Å². The van der Waals surface area contributed by atoms with Gasteiger partial charge in [-0.3, -0.25) is 9.25 Å². The summed E-state index contributed by atoms with van der Waals surface area (Å²) in [5, 5.41) is 4.41. The summed E-state index contributed by atoms with van der Waals surface area (Å²) < 4.78 is 10.1. The second kappa shape index (κ2) is 5.13. The van der Waals surface area contributed by atoms with E-state index in [0.29, 0.717) is 11.4 Å². The fourth-order valence-electron chi connectivity index (χ4n) is 2.19. The number of aromatic amines is 1. The molecular weight excluding hydrogens is 272 g/mol. The fraction of sp³-hybridized carbons (Fsp3) is 0.286. The van der Waals surface area contributed by atoms with Crippen molar-refractivity contribution < 1.29 is 4.74 Å². The summed E-state index contributed by atoms with van der Waals surface area (Å²) in [7, 11) is 1.89. The molecule has 3 rings (SSSR count). The third-order valence-corrected chi connectivity index (χ3v) is 3.36. The van der Waals surface area contributed by atoms with Crippen LogP contribution in [-0.4, -0.2) is 25.9 Å². The summed E-state index contributed by atoms with van der Waals surface area (Å²) in [5.41, 5.74) is 1.89. The van der Waals surface area contributed by atoms with Gasteiger partial charge in [0.1, 0.15) is 11.3 Å². The topological polar surface area (TPSA) is 47.8 Å². The first kappa shape index (κ1) is 12.9. The standard InChI is InChI=1S/C14H16N4OS/c1-3-9-19-11-6-4-5-10-13(11)15-14(20)18(10)12-7-8-17(2)16-12/h4-8H,3,9H2,1-2H3,(H,15,20). The van der Waals surface area contributed by atoms with Crippen molar-refractivity contribution in [2.24, 2.45) is 7.05 Å². The highest BCUT2D eigenvalue weighted by atomic mass is 32.1. The van der Waals surface area contributed by atoms with Crippen molar-refractivity contribution in [3.8, 4) is 11.6 Å². The molecule has 0 amide bonds. The van der Waals surface area contributed by atoms with Gasteiger partial charge in [-0.25, -0.2) is 0 Å². The molecule has 20 heavy (non-hydrogen) atoms. The molecule has 3 aromatic rings. The number of imidazole rings is 1. The van der Waals surface area contributed by atoms with Gasteiger partial charge < -0.3 is 9.72 Å². The molecule has 6 heteroatoms. The van der Waals surface area contributed by atoms with E-state index in [1.165, 1.54) is 0 Å². The van der Waals surface area contributed by atoms with Crippen molar-refractivity contribution in [2.45, 2.75) is 13.3 Å². The Morgan fingerprint density at radius 2 is 2.20 bits per heavy atom. The van der Waals surface area contributed by atoms with Crippen LogP contribution < -0.4 is 4.74 Å². The SMILES string of the molecule is CCCOc1cccc2c1[nH]c(=S)n2-c1ccn(C)n1. The number of H-pyrrole nitrogens is 1. The smallest absolute Gasteiger partial charge is 0.184 e. The molecule has 0 saturated carbocycles. The van der Waals surface area contributed by atoms with Gasteiger partial charge in [0.2, 0.25) is 0 Å². The molecule has 0 unspecified atom stereocenters. The maximum Gasteiger partial charge on any atom is 0.184 e. The van der Waals surface area contributed by atoms with Crippen LogP contribution >= 0.6 is 12.2 Å². The number of aromatic nitrogens is 4. The van der Waals surface area contributed by atoms with Crippen LogP contribution in [0.3, 0.4) is 0 Å². The van der Waals surface area contributed by atoms with Crippen LogP contribution in [0.5, 0.6) is 5.75 Å². The molecule has 0 aliphatic carbocycles. The number of benzene rings is 1. The number of rotatable bonds is 4. The molecule has 104 valence electrons. The third kappa shape index (κ3) is 2.12. The summed E-state index contributed by atoms with van der Waals surface area (Å²) in [6.45, 7) is 2.77. The van der Waals surface area contributed by atoms with E-state index < -0.39 is 0 Å². The van der Waals surface area contributed by atoms with Gasteiger partial charge in [0.25, 0.3) is 0 Å². The molecule has 1 N–H and O–H groups in total. The van der Waals surface area contributed by atoms with Gasteiger partial charge in [-0.05, 0) is 30.8 Å². The highest BCUT2D eigenvalue weighted by molar-refractivity contribution is 7.71. The van der Waals surface area contributed by atoms with E-state index in [0.717, 1.165) is 29.0 Å². The maximum absolute atomic E-state index is 5.76. The van der Waals surface area contributed by atoms with Crippen molar-refractivity contribution >= 4 is 23.3 Å².